The van der Waals surface area contributed by atoms with Gasteiger partial charge >= 0.3 is 5.97 Å². The lowest BCUT2D eigenvalue weighted by Gasteiger charge is -2.09. The second-order valence-electron chi connectivity index (χ2n) is 5.57. The third-order valence-corrected chi connectivity index (χ3v) is 3.34. The maximum atomic E-state index is 10.9. The van der Waals surface area contributed by atoms with Crippen LogP contribution in [-0.2, 0) is 24.3 Å². The van der Waals surface area contributed by atoms with E-state index < -0.39 is 5.97 Å². The zero-order valence-corrected chi connectivity index (χ0v) is 12.5. The normalized spacial score (nSPS) is 11.0. The summed E-state index contributed by atoms with van der Waals surface area (Å²) in [5.41, 5.74) is 3.17. The summed E-state index contributed by atoms with van der Waals surface area (Å²) in [6.07, 6.45) is 4.21. The molecule has 0 fully saturated rings. The molecule has 0 saturated heterocycles. The van der Waals surface area contributed by atoms with Crippen LogP contribution in [0.25, 0.3) is 0 Å². The number of carbonyl (C=O) groups is 1. The first-order chi connectivity index (χ1) is 10.0. The van der Waals surface area contributed by atoms with Crippen molar-refractivity contribution in [2.75, 3.05) is 0 Å². The van der Waals surface area contributed by atoms with Crippen molar-refractivity contribution in [2.24, 2.45) is 0 Å². The van der Waals surface area contributed by atoms with Gasteiger partial charge in [-0.1, -0.05) is 38.1 Å². The molecule has 112 valence electrons. The van der Waals surface area contributed by atoms with Crippen molar-refractivity contribution in [1.29, 1.82) is 0 Å². The zero-order valence-electron chi connectivity index (χ0n) is 12.5. The average Bonchev–Trinajstić information content (AvgIpc) is 2.86. The minimum atomic E-state index is -0.795. The van der Waals surface area contributed by atoms with E-state index >= 15 is 0 Å². The highest BCUT2D eigenvalue weighted by Gasteiger charge is 2.07. The van der Waals surface area contributed by atoms with Gasteiger partial charge in [0.15, 0.2) is 0 Å². The predicted octanol–water partition coefficient (Wildman–Crippen LogP) is 2.66. The fourth-order valence-corrected chi connectivity index (χ4v) is 2.26. The molecular formula is C17H22N2O2. The van der Waals surface area contributed by atoms with Gasteiger partial charge in [-0.3, -0.25) is 4.79 Å². The standard InChI is InChI=1S/C17H22N2O2/c1-13(2)18-10-14-7-8-19(11-14)12-16-6-4-3-5-15(16)9-17(20)21/h3-8,11,13,18H,9-10,12H2,1-2H3,(H,20,21). The van der Waals surface area contributed by atoms with Crippen molar-refractivity contribution in [3.63, 3.8) is 0 Å². The monoisotopic (exact) mass is 286 g/mol. The highest BCUT2D eigenvalue weighted by Crippen LogP contribution is 2.13. The molecule has 0 spiro atoms. The molecule has 0 amide bonds. The van der Waals surface area contributed by atoms with Crippen LogP contribution in [0.15, 0.2) is 42.7 Å². The molecule has 0 unspecified atom stereocenters. The van der Waals surface area contributed by atoms with Gasteiger partial charge in [0.05, 0.1) is 6.42 Å². The second-order valence-corrected chi connectivity index (χ2v) is 5.57. The molecular weight excluding hydrogens is 264 g/mol. The number of aromatic nitrogens is 1. The molecule has 0 aliphatic rings. The minimum absolute atomic E-state index is 0.0687. The highest BCUT2D eigenvalue weighted by molar-refractivity contribution is 5.70. The van der Waals surface area contributed by atoms with Crippen molar-refractivity contribution in [2.45, 2.75) is 39.4 Å². The van der Waals surface area contributed by atoms with Gasteiger partial charge in [0.1, 0.15) is 0 Å². The van der Waals surface area contributed by atoms with E-state index in [1.807, 2.05) is 30.5 Å². The van der Waals surface area contributed by atoms with Crippen LogP contribution in [0.5, 0.6) is 0 Å². The van der Waals surface area contributed by atoms with E-state index in [0.29, 0.717) is 12.6 Å². The van der Waals surface area contributed by atoms with E-state index in [1.165, 1.54) is 5.56 Å². The number of rotatable bonds is 7. The first kappa shape index (κ1) is 15.3. The van der Waals surface area contributed by atoms with Crippen LogP contribution in [0.2, 0.25) is 0 Å². The molecule has 0 atom stereocenters. The molecule has 4 nitrogen and oxygen atoms in total. The molecule has 0 aliphatic carbocycles. The Labute approximate surface area is 125 Å². The molecule has 0 radical (unpaired) electrons. The summed E-state index contributed by atoms with van der Waals surface area (Å²) >= 11 is 0. The van der Waals surface area contributed by atoms with Gasteiger partial charge in [-0.25, -0.2) is 0 Å². The molecule has 0 bridgehead atoms. The lowest BCUT2D eigenvalue weighted by Crippen LogP contribution is -2.21. The van der Waals surface area contributed by atoms with E-state index in [9.17, 15) is 4.79 Å². The van der Waals surface area contributed by atoms with E-state index in [0.717, 1.165) is 17.7 Å². The van der Waals surface area contributed by atoms with Crippen LogP contribution >= 0.6 is 0 Å². The van der Waals surface area contributed by atoms with Crippen LogP contribution in [0, 0.1) is 0 Å². The smallest absolute Gasteiger partial charge is 0.307 e. The van der Waals surface area contributed by atoms with Crippen LogP contribution in [0.1, 0.15) is 30.5 Å². The first-order valence-electron chi connectivity index (χ1n) is 7.21. The van der Waals surface area contributed by atoms with Crippen LogP contribution in [0.3, 0.4) is 0 Å². The van der Waals surface area contributed by atoms with Gasteiger partial charge in [-0.15, -0.1) is 0 Å². The highest BCUT2D eigenvalue weighted by atomic mass is 16.4. The molecule has 1 heterocycles. The largest absolute Gasteiger partial charge is 0.481 e. The molecule has 1 aromatic carbocycles. The van der Waals surface area contributed by atoms with Crippen molar-refractivity contribution in [3.05, 3.63) is 59.4 Å². The summed E-state index contributed by atoms with van der Waals surface area (Å²) in [6, 6.07) is 10.3. The van der Waals surface area contributed by atoms with Crippen molar-refractivity contribution < 1.29 is 9.90 Å². The molecule has 2 rings (SSSR count). The summed E-state index contributed by atoms with van der Waals surface area (Å²) in [7, 11) is 0. The number of carboxylic acids is 1. The third-order valence-electron chi connectivity index (χ3n) is 3.34. The number of carboxylic acid groups (broad SMARTS) is 1. The molecule has 2 aromatic rings. The van der Waals surface area contributed by atoms with E-state index in [2.05, 4.69) is 36.0 Å². The summed E-state index contributed by atoms with van der Waals surface area (Å²) in [5.74, 6) is -0.795. The Morgan fingerprint density at radius 3 is 2.62 bits per heavy atom. The number of nitrogens with one attached hydrogen (secondary N) is 1. The van der Waals surface area contributed by atoms with E-state index in [-0.39, 0.29) is 6.42 Å². The molecule has 0 saturated carbocycles. The van der Waals surface area contributed by atoms with Gasteiger partial charge in [-0.05, 0) is 22.8 Å². The summed E-state index contributed by atoms with van der Waals surface area (Å²) in [6.45, 7) is 5.80. The SMILES string of the molecule is CC(C)NCc1ccn(Cc2ccccc2CC(=O)O)c1. The Hall–Kier alpha value is -2.07. The molecule has 4 heteroatoms. The van der Waals surface area contributed by atoms with Gasteiger partial charge in [0, 0.05) is 31.5 Å². The van der Waals surface area contributed by atoms with Crippen LogP contribution in [-0.4, -0.2) is 21.7 Å². The summed E-state index contributed by atoms with van der Waals surface area (Å²) in [4.78, 5) is 10.9. The zero-order chi connectivity index (χ0) is 15.2. The Morgan fingerprint density at radius 2 is 1.95 bits per heavy atom. The number of hydrogen-bond acceptors (Lipinski definition) is 2. The number of benzene rings is 1. The molecule has 0 aliphatic heterocycles. The quantitative estimate of drug-likeness (QED) is 0.822. The molecule has 2 N–H and O–H groups in total. The molecule has 21 heavy (non-hydrogen) atoms. The van der Waals surface area contributed by atoms with Crippen molar-refractivity contribution in [3.8, 4) is 0 Å². The maximum Gasteiger partial charge on any atom is 0.307 e. The topological polar surface area (TPSA) is 54.3 Å². The lowest BCUT2D eigenvalue weighted by molar-refractivity contribution is -0.136. The van der Waals surface area contributed by atoms with E-state index in [1.54, 1.807) is 0 Å². The average molecular weight is 286 g/mol. The van der Waals surface area contributed by atoms with Gasteiger partial charge in [-0.2, -0.15) is 0 Å². The number of hydrogen-bond donors (Lipinski definition) is 2. The van der Waals surface area contributed by atoms with Crippen molar-refractivity contribution >= 4 is 5.97 Å². The minimum Gasteiger partial charge on any atom is -0.481 e. The Bertz CT molecular complexity index is 602. The summed E-state index contributed by atoms with van der Waals surface area (Å²) < 4.78 is 2.10. The lowest BCUT2D eigenvalue weighted by atomic mass is 10.0. The molecule has 1 aromatic heterocycles. The Balaban J connectivity index is 2.06. The third kappa shape index (κ3) is 4.76. The Morgan fingerprint density at radius 1 is 1.24 bits per heavy atom. The van der Waals surface area contributed by atoms with Crippen molar-refractivity contribution in [1.82, 2.24) is 9.88 Å². The second kappa shape index (κ2) is 7.09. The first-order valence-corrected chi connectivity index (χ1v) is 7.21. The number of nitrogens with zero attached hydrogens (tertiary/aromatic N) is 1. The van der Waals surface area contributed by atoms with E-state index in [4.69, 9.17) is 5.11 Å². The Kier molecular flexibility index (Phi) is 5.17. The van der Waals surface area contributed by atoms with Crippen LogP contribution in [0.4, 0.5) is 0 Å². The van der Waals surface area contributed by atoms with Gasteiger partial charge < -0.3 is 15.0 Å². The fraction of sp³-hybridized carbons (Fsp3) is 0.353. The fourth-order valence-electron chi connectivity index (χ4n) is 2.26. The predicted molar refractivity (Wildman–Crippen MR) is 83.3 cm³/mol. The number of aliphatic carboxylic acids is 1. The van der Waals surface area contributed by atoms with Gasteiger partial charge in [0.25, 0.3) is 0 Å². The van der Waals surface area contributed by atoms with Gasteiger partial charge in [0.2, 0.25) is 0 Å². The summed E-state index contributed by atoms with van der Waals surface area (Å²) in [5, 5.41) is 12.4. The maximum absolute atomic E-state index is 10.9. The van der Waals surface area contributed by atoms with Crippen LogP contribution < -0.4 is 5.32 Å².